The Balaban J connectivity index is 1.99. The number of nitrogens with one attached hydrogen (secondary N) is 1. The first-order valence-electron chi connectivity index (χ1n) is 8.57. The van der Waals surface area contributed by atoms with Crippen LogP contribution in [0.1, 0.15) is 31.2 Å². The van der Waals surface area contributed by atoms with Crippen molar-refractivity contribution in [1.29, 1.82) is 0 Å². The van der Waals surface area contributed by atoms with E-state index in [1.165, 1.54) is 31.3 Å². The van der Waals surface area contributed by atoms with E-state index in [4.69, 9.17) is 21.1 Å². The molecule has 1 aromatic heterocycles. The van der Waals surface area contributed by atoms with Gasteiger partial charge in [0, 0.05) is 22.5 Å². The van der Waals surface area contributed by atoms with E-state index < -0.39 is 28.6 Å². The van der Waals surface area contributed by atoms with Crippen molar-refractivity contribution in [2.75, 3.05) is 26.1 Å². The maximum atomic E-state index is 12.8. The highest BCUT2D eigenvalue weighted by atomic mass is 35.5. The molecule has 30 heavy (non-hydrogen) atoms. The van der Waals surface area contributed by atoms with Gasteiger partial charge in [0.2, 0.25) is 0 Å². The number of halogens is 1. The first-order valence-corrected chi connectivity index (χ1v) is 9.77. The molecule has 1 N–H and O–H groups in total. The molecule has 0 unspecified atom stereocenters. The minimum absolute atomic E-state index is 0.151. The average Bonchev–Trinajstić information content (AvgIpc) is 3.08. The van der Waals surface area contributed by atoms with Crippen LogP contribution in [-0.2, 0) is 22.4 Å². The van der Waals surface area contributed by atoms with E-state index >= 15 is 0 Å². The van der Waals surface area contributed by atoms with Gasteiger partial charge in [0.1, 0.15) is 10.6 Å². The Labute approximate surface area is 179 Å². The number of benzene rings is 1. The smallest absolute Gasteiger partial charge is 0.409 e. The molecule has 10 nitrogen and oxygen atoms in total. The van der Waals surface area contributed by atoms with Crippen molar-refractivity contribution < 1.29 is 28.8 Å². The summed E-state index contributed by atoms with van der Waals surface area (Å²) < 4.78 is 9.58. The first kappa shape index (κ1) is 21.5. The van der Waals surface area contributed by atoms with Gasteiger partial charge in [0.15, 0.2) is 0 Å². The van der Waals surface area contributed by atoms with E-state index in [1.54, 1.807) is 0 Å². The van der Waals surface area contributed by atoms with Crippen molar-refractivity contribution in [2.24, 2.45) is 0 Å². The monoisotopic (exact) mass is 453 g/mol. The molecular formula is C18H16ClN3O7S. The molecule has 0 saturated carbocycles. The standard InChI is InChI=1S/C18H16ClN3O7S/c1-28-17(24)14-10-5-6-21(18(25)29-2)8-13(10)30-16(14)20-15(23)11-7-9(19)3-4-12(11)22(26)27/h3-4,7H,5-6,8H2,1-2H3,(H,20,23). The summed E-state index contributed by atoms with van der Waals surface area (Å²) in [5.74, 6) is -1.45. The average molecular weight is 454 g/mol. The van der Waals surface area contributed by atoms with Gasteiger partial charge in [-0.05, 0) is 24.1 Å². The second kappa shape index (κ2) is 8.67. The van der Waals surface area contributed by atoms with E-state index in [-0.39, 0.29) is 27.7 Å². The first-order chi connectivity index (χ1) is 14.3. The third kappa shape index (κ3) is 4.07. The topological polar surface area (TPSA) is 128 Å². The lowest BCUT2D eigenvalue weighted by Crippen LogP contribution is -2.35. The number of hydrogen-bond acceptors (Lipinski definition) is 8. The molecular weight excluding hydrogens is 438 g/mol. The Bertz CT molecular complexity index is 1050. The van der Waals surface area contributed by atoms with E-state index in [1.807, 2.05) is 0 Å². The predicted molar refractivity (Wildman–Crippen MR) is 108 cm³/mol. The summed E-state index contributed by atoms with van der Waals surface area (Å²) in [4.78, 5) is 49.7. The number of carbonyl (C=O) groups is 3. The Morgan fingerprint density at radius 3 is 2.63 bits per heavy atom. The summed E-state index contributed by atoms with van der Waals surface area (Å²) in [7, 11) is 2.49. The number of anilines is 1. The summed E-state index contributed by atoms with van der Waals surface area (Å²) in [5.41, 5.74) is 0.156. The molecule has 3 rings (SSSR count). The van der Waals surface area contributed by atoms with Gasteiger partial charge in [-0.2, -0.15) is 0 Å². The van der Waals surface area contributed by atoms with Crippen LogP contribution in [0.25, 0.3) is 0 Å². The minimum atomic E-state index is -0.794. The Hall–Kier alpha value is -3.18. The molecule has 0 atom stereocenters. The highest BCUT2D eigenvalue weighted by Crippen LogP contribution is 2.38. The number of ether oxygens (including phenoxy) is 2. The predicted octanol–water partition coefficient (Wildman–Crippen LogP) is 3.47. The van der Waals surface area contributed by atoms with Crippen LogP contribution >= 0.6 is 22.9 Å². The Morgan fingerprint density at radius 1 is 1.27 bits per heavy atom. The van der Waals surface area contributed by atoms with Crippen molar-refractivity contribution in [3.8, 4) is 0 Å². The fraction of sp³-hybridized carbons (Fsp3) is 0.278. The van der Waals surface area contributed by atoms with Crippen molar-refractivity contribution >= 4 is 51.6 Å². The van der Waals surface area contributed by atoms with E-state index in [0.29, 0.717) is 23.4 Å². The van der Waals surface area contributed by atoms with Crippen molar-refractivity contribution in [3.63, 3.8) is 0 Å². The minimum Gasteiger partial charge on any atom is -0.465 e. The number of nitro groups is 1. The number of rotatable bonds is 4. The van der Waals surface area contributed by atoms with Gasteiger partial charge in [-0.3, -0.25) is 14.9 Å². The van der Waals surface area contributed by atoms with Crippen LogP contribution in [0.5, 0.6) is 0 Å². The number of thiophene rings is 1. The molecule has 0 bridgehead atoms. The normalized spacial score (nSPS) is 12.7. The summed E-state index contributed by atoms with van der Waals surface area (Å²) >= 11 is 6.98. The molecule has 0 saturated heterocycles. The molecule has 0 fully saturated rings. The van der Waals surface area contributed by atoms with Crippen LogP contribution in [0.15, 0.2) is 18.2 Å². The molecule has 1 aliphatic rings. The van der Waals surface area contributed by atoms with Gasteiger partial charge in [0.25, 0.3) is 11.6 Å². The zero-order chi connectivity index (χ0) is 22.0. The number of nitrogens with zero attached hydrogens (tertiary/aromatic N) is 2. The number of methoxy groups -OCH3 is 2. The fourth-order valence-electron chi connectivity index (χ4n) is 3.11. The van der Waals surface area contributed by atoms with Gasteiger partial charge in [-0.25, -0.2) is 9.59 Å². The maximum absolute atomic E-state index is 12.8. The number of carbonyl (C=O) groups excluding carboxylic acids is 3. The highest BCUT2D eigenvalue weighted by molar-refractivity contribution is 7.17. The fourth-order valence-corrected chi connectivity index (χ4v) is 4.53. The van der Waals surface area contributed by atoms with Crippen molar-refractivity contribution in [1.82, 2.24) is 4.90 Å². The van der Waals surface area contributed by atoms with Crippen LogP contribution in [0.2, 0.25) is 5.02 Å². The van der Waals surface area contributed by atoms with Gasteiger partial charge < -0.3 is 19.7 Å². The van der Waals surface area contributed by atoms with Gasteiger partial charge >= 0.3 is 12.1 Å². The van der Waals surface area contributed by atoms with Crippen LogP contribution < -0.4 is 5.32 Å². The molecule has 2 amide bonds. The molecule has 2 aromatic rings. The number of amides is 2. The van der Waals surface area contributed by atoms with E-state index in [0.717, 1.165) is 17.4 Å². The summed E-state index contributed by atoms with van der Waals surface area (Å²) in [6.07, 6.45) is -0.146. The molecule has 2 heterocycles. The quantitative estimate of drug-likeness (QED) is 0.426. The molecule has 0 aliphatic carbocycles. The lowest BCUT2D eigenvalue weighted by Gasteiger charge is -2.25. The van der Waals surface area contributed by atoms with E-state index in [9.17, 15) is 24.5 Å². The lowest BCUT2D eigenvalue weighted by molar-refractivity contribution is -0.385. The third-order valence-electron chi connectivity index (χ3n) is 4.51. The highest BCUT2D eigenvalue weighted by Gasteiger charge is 2.32. The summed E-state index contributed by atoms with van der Waals surface area (Å²) in [6.45, 7) is 0.525. The van der Waals surface area contributed by atoms with Crippen LogP contribution in [0.4, 0.5) is 15.5 Å². The van der Waals surface area contributed by atoms with Gasteiger partial charge in [0.05, 0.1) is 31.3 Å². The van der Waals surface area contributed by atoms with Crippen LogP contribution in [0, 0.1) is 10.1 Å². The molecule has 1 aromatic carbocycles. The Kier molecular flexibility index (Phi) is 6.22. The van der Waals surface area contributed by atoms with E-state index in [2.05, 4.69) is 5.32 Å². The van der Waals surface area contributed by atoms with Crippen LogP contribution in [0.3, 0.4) is 0 Å². The molecule has 0 spiro atoms. The molecule has 0 radical (unpaired) electrons. The summed E-state index contributed by atoms with van der Waals surface area (Å²) in [5, 5.41) is 14.2. The second-order valence-corrected chi connectivity index (χ2v) is 7.76. The Morgan fingerprint density at radius 2 is 2.00 bits per heavy atom. The molecule has 12 heteroatoms. The number of hydrogen-bond donors (Lipinski definition) is 1. The number of fused-ring (bicyclic) bond motifs is 1. The summed E-state index contributed by atoms with van der Waals surface area (Å²) in [6, 6.07) is 3.62. The lowest BCUT2D eigenvalue weighted by atomic mass is 10.0. The largest absolute Gasteiger partial charge is 0.465 e. The zero-order valence-electron chi connectivity index (χ0n) is 15.9. The third-order valence-corrected chi connectivity index (χ3v) is 5.87. The zero-order valence-corrected chi connectivity index (χ0v) is 17.5. The van der Waals surface area contributed by atoms with Gasteiger partial charge in [-0.15, -0.1) is 11.3 Å². The maximum Gasteiger partial charge on any atom is 0.409 e. The van der Waals surface area contributed by atoms with Crippen LogP contribution in [-0.4, -0.2) is 48.6 Å². The van der Waals surface area contributed by atoms with Crippen molar-refractivity contribution in [3.05, 3.63) is 54.9 Å². The van der Waals surface area contributed by atoms with Gasteiger partial charge in [-0.1, -0.05) is 11.6 Å². The second-order valence-electron chi connectivity index (χ2n) is 6.21. The SMILES string of the molecule is COC(=O)c1c(NC(=O)c2cc(Cl)ccc2[N+](=O)[O-])sc2c1CCN(C(=O)OC)C2. The molecule has 158 valence electrons. The number of esters is 1. The molecule has 1 aliphatic heterocycles. The number of nitro benzene ring substituents is 1. The van der Waals surface area contributed by atoms with Crippen molar-refractivity contribution in [2.45, 2.75) is 13.0 Å².